The molecule has 3 N–H and O–H groups in total. The number of nitrogen functional groups attached to an aromatic ring is 1. The van der Waals surface area contributed by atoms with Crippen LogP contribution < -0.4 is 5.73 Å². The molecule has 1 aromatic heterocycles. The lowest BCUT2D eigenvalue weighted by Crippen LogP contribution is -2.13. The van der Waals surface area contributed by atoms with Crippen LogP contribution in [0.4, 0.5) is 0 Å². The summed E-state index contributed by atoms with van der Waals surface area (Å²) in [6.07, 6.45) is 4.74. The number of nitrogens with zero attached hydrogens (tertiary/aromatic N) is 2. The number of nitrogens with one attached hydrogen (secondary N) is 1. The SMILES string of the molecule is Cc1nc2c(n1Cc1cccc(C(=N)N)c1)CCCC2. The number of fused-ring (bicyclic) bond motifs is 1. The molecule has 20 heavy (non-hydrogen) atoms. The molecule has 1 aliphatic rings. The second kappa shape index (κ2) is 5.12. The number of imidazole rings is 1. The van der Waals surface area contributed by atoms with Crippen molar-refractivity contribution in [3.8, 4) is 0 Å². The Kier molecular flexibility index (Phi) is 3.30. The van der Waals surface area contributed by atoms with E-state index in [1.54, 1.807) is 0 Å². The van der Waals surface area contributed by atoms with Crippen molar-refractivity contribution in [2.75, 3.05) is 0 Å². The third kappa shape index (κ3) is 2.33. The molecule has 0 saturated heterocycles. The molecular formula is C16H20N4. The van der Waals surface area contributed by atoms with E-state index in [0.717, 1.165) is 30.8 Å². The zero-order valence-corrected chi connectivity index (χ0v) is 11.8. The fourth-order valence-electron chi connectivity index (χ4n) is 2.97. The van der Waals surface area contributed by atoms with Crippen LogP contribution in [0.2, 0.25) is 0 Å². The molecular weight excluding hydrogens is 248 g/mol. The first-order valence-corrected chi connectivity index (χ1v) is 7.13. The molecule has 104 valence electrons. The molecule has 0 unspecified atom stereocenters. The molecule has 0 amide bonds. The first-order chi connectivity index (χ1) is 9.65. The highest BCUT2D eigenvalue weighted by Gasteiger charge is 2.18. The highest BCUT2D eigenvalue weighted by atomic mass is 15.1. The van der Waals surface area contributed by atoms with Gasteiger partial charge in [-0.2, -0.15) is 0 Å². The number of benzene rings is 1. The Morgan fingerprint density at radius 1 is 1.35 bits per heavy atom. The molecule has 0 saturated carbocycles. The summed E-state index contributed by atoms with van der Waals surface area (Å²) < 4.78 is 2.31. The number of aromatic nitrogens is 2. The highest BCUT2D eigenvalue weighted by molar-refractivity contribution is 5.95. The quantitative estimate of drug-likeness (QED) is 0.663. The minimum atomic E-state index is 0.122. The van der Waals surface area contributed by atoms with E-state index < -0.39 is 0 Å². The molecule has 0 aliphatic heterocycles. The van der Waals surface area contributed by atoms with Crippen molar-refractivity contribution in [3.05, 3.63) is 52.6 Å². The van der Waals surface area contributed by atoms with Crippen LogP contribution in [0.25, 0.3) is 0 Å². The van der Waals surface area contributed by atoms with Crippen LogP contribution in [0.1, 0.15) is 41.2 Å². The predicted molar refractivity (Wildman–Crippen MR) is 80.2 cm³/mol. The lowest BCUT2D eigenvalue weighted by molar-refractivity contribution is 0.624. The molecule has 1 aromatic carbocycles. The smallest absolute Gasteiger partial charge is 0.122 e. The largest absolute Gasteiger partial charge is 0.384 e. The van der Waals surface area contributed by atoms with Gasteiger partial charge in [-0.05, 0) is 44.2 Å². The molecule has 4 heteroatoms. The Morgan fingerprint density at radius 3 is 2.95 bits per heavy atom. The van der Waals surface area contributed by atoms with E-state index >= 15 is 0 Å². The molecule has 1 aliphatic carbocycles. The van der Waals surface area contributed by atoms with Gasteiger partial charge in [0.1, 0.15) is 11.7 Å². The summed E-state index contributed by atoms with van der Waals surface area (Å²) in [5.41, 5.74) is 10.2. The summed E-state index contributed by atoms with van der Waals surface area (Å²) in [4.78, 5) is 4.70. The van der Waals surface area contributed by atoms with Crippen molar-refractivity contribution < 1.29 is 0 Å². The summed E-state index contributed by atoms with van der Waals surface area (Å²) in [5, 5.41) is 7.53. The molecule has 0 radical (unpaired) electrons. The zero-order valence-electron chi connectivity index (χ0n) is 11.8. The molecule has 1 heterocycles. The minimum absolute atomic E-state index is 0.122. The van der Waals surface area contributed by atoms with E-state index in [1.807, 2.05) is 18.2 Å². The Morgan fingerprint density at radius 2 is 2.15 bits per heavy atom. The highest BCUT2D eigenvalue weighted by Crippen LogP contribution is 2.23. The summed E-state index contributed by atoms with van der Waals surface area (Å²) in [5.74, 6) is 1.21. The topological polar surface area (TPSA) is 67.7 Å². The van der Waals surface area contributed by atoms with Crippen molar-refractivity contribution in [2.45, 2.75) is 39.2 Å². The maximum Gasteiger partial charge on any atom is 0.122 e. The van der Waals surface area contributed by atoms with E-state index in [9.17, 15) is 0 Å². The molecule has 3 rings (SSSR count). The molecule has 0 fully saturated rings. The van der Waals surface area contributed by atoms with E-state index in [2.05, 4.69) is 17.6 Å². The Hall–Kier alpha value is -2.10. The van der Waals surface area contributed by atoms with E-state index in [-0.39, 0.29) is 5.84 Å². The predicted octanol–water partition coefficient (Wildman–Crippen LogP) is 2.40. The number of hydrogen-bond acceptors (Lipinski definition) is 2. The first-order valence-electron chi connectivity index (χ1n) is 7.13. The van der Waals surface area contributed by atoms with Gasteiger partial charge in [0.15, 0.2) is 0 Å². The third-order valence-corrected chi connectivity index (χ3v) is 4.00. The van der Waals surface area contributed by atoms with Gasteiger partial charge in [0.25, 0.3) is 0 Å². The molecule has 0 bridgehead atoms. The standard InChI is InChI=1S/C16H20N4/c1-11-19-14-7-2-3-8-15(14)20(11)10-12-5-4-6-13(9-12)16(17)18/h4-6,9H,2-3,7-8,10H2,1H3,(H3,17,18). The van der Waals surface area contributed by atoms with Crippen molar-refractivity contribution in [1.82, 2.24) is 9.55 Å². The normalized spacial score (nSPS) is 14.1. The lowest BCUT2D eigenvalue weighted by atomic mass is 10.0. The maximum atomic E-state index is 7.53. The molecule has 0 atom stereocenters. The fourth-order valence-corrected chi connectivity index (χ4v) is 2.97. The van der Waals surface area contributed by atoms with Gasteiger partial charge in [-0.15, -0.1) is 0 Å². The van der Waals surface area contributed by atoms with Crippen LogP contribution in [0.15, 0.2) is 24.3 Å². The van der Waals surface area contributed by atoms with Gasteiger partial charge in [0, 0.05) is 17.8 Å². The van der Waals surface area contributed by atoms with Gasteiger partial charge in [-0.25, -0.2) is 4.98 Å². The summed E-state index contributed by atoms with van der Waals surface area (Å²) in [7, 11) is 0. The summed E-state index contributed by atoms with van der Waals surface area (Å²) in [6, 6.07) is 7.92. The number of rotatable bonds is 3. The molecule has 2 aromatic rings. The van der Waals surface area contributed by atoms with Crippen molar-refractivity contribution >= 4 is 5.84 Å². The minimum Gasteiger partial charge on any atom is -0.384 e. The van der Waals surface area contributed by atoms with Gasteiger partial charge < -0.3 is 10.3 Å². The van der Waals surface area contributed by atoms with Gasteiger partial charge >= 0.3 is 0 Å². The molecule has 4 nitrogen and oxygen atoms in total. The van der Waals surface area contributed by atoms with Crippen molar-refractivity contribution in [1.29, 1.82) is 5.41 Å². The van der Waals surface area contributed by atoms with E-state index in [0.29, 0.717) is 0 Å². The Balaban J connectivity index is 1.93. The van der Waals surface area contributed by atoms with Gasteiger partial charge in [0.05, 0.1) is 5.69 Å². The van der Waals surface area contributed by atoms with Gasteiger partial charge in [0.2, 0.25) is 0 Å². The molecule has 0 spiro atoms. The second-order valence-corrected chi connectivity index (χ2v) is 5.46. The average Bonchev–Trinajstić information content (AvgIpc) is 2.76. The first kappa shape index (κ1) is 12.9. The van der Waals surface area contributed by atoms with Crippen LogP contribution >= 0.6 is 0 Å². The number of hydrogen-bond donors (Lipinski definition) is 2. The Labute approximate surface area is 119 Å². The lowest BCUT2D eigenvalue weighted by Gasteiger charge is -2.15. The number of nitrogens with two attached hydrogens (primary N) is 1. The van der Waals surface area contributed by atoms with E-state index in [4.69, 9.17) is 16.1 Å². The number of amidine groups is 1. The second-order valence-electron chi connectivity index (χ2n) is 5.46. The summed E-state index contributed by atoms with van der Waals surface area (Å²) in [6.45, 7) is 2.89. The van der Waals surface area contributed by atoms with Crippen LogP contribution in [-0.4, -0.2) is 15.4 Å². The monoisotopic (exact) mass is 268 g/mol. The van der Waals surface area contributed by atoms with Gasteiger partial charge in [-0.1, -0.05) is 18.2 Å². The van der Waals surface area contributed by atoms with Crippen LogP contribution in [-0.2, 0) is 19.4 Å². The van der Waals surface area contributed by atoms with Crippen molar-refractivity contribution in [2.24, 2.45) is 5.73 Å². The van der Waals surface area contributed by atoms with Crippen molar-refractivity contribution in [3.63, 3.8) is 0 Å². The third-order valence-electron chi connectivity index (χ3n) is 4.00. The maximum absolute atomic E-state index is 7.53. The van der Waals surface area contributed by atoms with E-state index in [1.165, 1.54) is 29.8 Å². The summed E-state index contributed by atoms with van der Waals surface area (Å²) >= 11 is 0. The van der Waals surface area contributed by atoms with Crippen LogP contribution in [0, 0.1) is 12.3 Å². The zero-order chi connectivity index (χ0) is 14.1. The number of aryl methyl sites for hydroxylation is 2. The van der Waals surface area contributed by atoms with Crippen LogP contribution in [0.3, 0.4) is 0 Å². The Bertz CT molecular complexity index is 654. The fraction of sp³-hybridized carbons (Fsp3) is 0.375. The van der Waals surface area contributed by atoms with Gasteiger partial charge in [-0.3, -0.25) is 5.41 Å². The average molecular weight is 268 g/mol. The van der Waals surface area contributed by atoms with Crippen LogP contribution in [0.5, 0.6) is 0 Å².